The normalized spacial score (nSPS) is 14.8. The van der Waals surface area contributed by atoms with Gasteiger partial charge in [0.2, 0.25) is 0 Å². The Kier molecular flexibility index (Phi) is 6.46. The van der Waals surface area contributed by atoms with Crippen molar-refractivity contribution >= 4 is 52.0 Å². The number of nitrogens with one attached hydrogen (secondary N) is 1. The summed E-state index contributed by atoms with van der Waals surface area (Å²) >= 11 is 6.12. The van der Waals surface area contributed by atoms with Crippen LogP contribution in [0.3, 0.4) is 0 Å². The summed E-state index contributed by atoms with van der Waals surface area (Å²) in [6, 6.07) is 21.0. The lowest BCUT2D eigenvalue weighted by atomic mass is 9.99. The molecular weight excluding hydrogens is 495 g/mol. The molecule has 0 bridgehead atoms. The number of nitrogens with zero attached hydrogens (tertiary/aromatic N) is 1. The van der Waals surface area contributed by atoms with Gasteiger partial charge in [-0.2, -0.15) is 0 Å². The third kappa shape index (κ3) is 4.81. The lowest BCUT2D eigenvalue weighted by molar-refractivity contribution is -0.122. The van der Waals surface area contributed by atoms with Crippen LogP contribution in [-0.4, -0.2) is 17.8 Å². The van der Waals surface area contributed by atoms with Crippen molar-refractivity contribution in [3.05, 3.63) is 112 Å². The molecule has 0 aromatic heterocycles. The number of halogens is 2. The van der Waals surface area contributed by atoms with Gasteiger partial charge in [0.1, 0.15) is 23.7 Å². The number of amides is 4. The molecular formula is C29H20ClFN2O4. The van der Waals surface area contributed by atoms with E-state index in [0.29, 0.717) is 27.5 Å². The summed E-state index contributed by atoms with van der Waals surface area (Å²) in [5.74, 6) is -1.61. The molecule has 1 aliphatic heterocycles. The minimum atomic E-state index is -0.863. The highest BCUT2D eigenvalue weighted by Gasteiger charge is 2.37. The Morgan fingerprint density at radius 2 is 1.78 bits per heavy atom. The molecule has 4 amide bonds. The molecule has 0 saturated carbocycles. The topological polar surface area (TPSA) is 75.7 Å². The molecule has 1 aliphatic rings. The summed E-state index contributed by atoms with van der Waals surface area (Å²) in [4.78, 5) is 40.0. The van der Waals surface area contributed by atoms with Crippen LogP contribution in [0, 0.1) is 12.7 Å². The zero-order chi connectivity index (χ0) is 26.1. The molecule has 0 radical (unpaired) electrons. The third-order valence-corrected chi connectivity index (χ3v) is 6.25. The van der Waals surface area contributed by atoms with E-state index in [4.69, 9.17) is 16.3 Å². The van der Waals surface area contributed by atoms with Gasteiger partial charge in [-0.25, -0.2) is 14.1 Å². The van der Waals surface area contributed by atoms with Gasteiger partial charge in [0.05, 0.1) is 5.69 Å². The Labute approximate surface area is 216 Å². The maximum absolute atomic E-state index is 13.6. The standard InChI is InChI=1S/C29H20ClFN2O4/c1-17-9-11-20(30)14-25(17)33-28(35)24(27(34)32-29(33)36)15-23-22-8-3-2-6-19(22)10-12-26(23)37-16-18-5-4-7-21(31)13-18/h2-15H,16H2,1H3,(H,32,34,36)/b24-15+. The monoisotopic (exact) mass is 514 g/mol. The van der Waals surface area contributed by atoms with Gasteiger partial charge in [0, 0.05) is 10.6 Å². The molecule has 5 rings (SSSR count). The van der Waals surface area contributed by atoms with Crippen LogP contribution >= 0.6 is 11.6 Å². The van der Waals surface area contributed by atoms with Gasteiger partial charge in [-0.3, -0.25) is 14.9 Å². The first kappa shape index (κ1) is 24.2. The van der Waals surface area contributed by atoms with Crippen LogP contribution in [0.5, 0.6) is 5.75 Å². The maximum Gasteiger partial charge on any atom is 0.335 e. The van der Waals surface area contributed by atoms with Crippen LogP contribution in [0.1, 0.15) is 16.7 Å². The molecule has 0 aliphatic carbocycles. The number of ether oxygens (including phenoxy) is 1. The minimum absolute atomic E-state index is 0.0682. The molecule has 184 valence electrons. The molecule has 1 heterocycles. The molecule has 4 aromatic rings. The second-order valence-corrected chi connectivity index (χ2v) is 8.94. The Hall–Kier alpha value is -4.49. The van der Waals surface area contributed by atoms with E-state index in [1.807, 2.05) is 30.3 Å². The summed E-state index contributed by atoms with van der Waals surface area (Å²) in [5, 5.41) is 4.17. The van der Waals surface area contributed by atoms with Crippen molar-refractivity contribution in [2.24, 2.45) is 0 Å². The van der Waals surface area contributed by atoms with Crippen LogP contribution < -0.4 is 15.0 Å². The number of aryl methyl sites for hydroxylation is 1. The molecule has 6 nitrogen and oxygen atoms in total. The minimum Gasteiger partial charge on any atom is -0.488 e. The summed E-state index contributed by atoms with van der Waals surface area (Å²) in [5.41, 5.74) is 1.75. The zero-order valence-electron chi connectivity index (χ0n) is 19.6. The van der Waals surface area contributed by atoms with E-state index in [9.17, 15) is 18.8 Å². The van der Waals surface area contributed by atoms with Gasteiger partial charge >= 0.3 is 6.03 Å². The lowest BCUT2D eigenvalue weighted by Crippen LogP contribution is -2.54. The number of carbonyl (C=O) groups excluding carboxylic acids is 3. The van der Waals surface area contributed by atoms with Gasteiger partial charge in [0.25, 0.3) is 11.8 Å². The highest BCUT2D eigenvalue weighted by atomic mass is 35.5. The van der Waals surface area contributed by atoms with Crippen molar-refractivity contribution in [1.29, 1.82) is 0 Å². The molecule has 0 atom stereocenters. The molecule has 0 unspecified atom stereocenters. The number of carbonyl (C=O) groups is 3. The fourth-order valence-electron chi connectivity index (χ4n) is 4.18. The van der Waals surface area contributed by atoms with Crippen LogP contribution in [0.2, 0.25) is 5.02 Å². The number of barbiturate groups is 1. The SMILES string of the molecule is Cc1ccc(Cl)cc1N1C(=O)NC(=O)/C(=C\c2c(OCc3cccc(F)c3)ccc3ccccc23)C1=O. The molecule has 0 spiro atoms. The van der Waals surface area contributed by atoms with E-state index in [1.54, 1.807) is 37.3 Å². The molecule has 4 aromatic carbocycles. The van der Waals surface area contributed by atoms with Crippen LogP contribution in [-0.2, 0) is 16.2 Å². The number of imide groups is 2. The zero-order valence-corrected chi connectivity index (χ0v) is 20.4. The third-order valence-electron chi connectivity index (χ3n) is 6.02. The van der Waals surface area contributed by atoms with Gasteiger partial charge < -0.3 is 4.74 Å². The highest BCUT2D eigenvalue weighted by molar-refractivity contribution is 6.40. The predicted molar refractivity (Wildman–Crippen MR) is 140 cm³/mol. The highest BCUT2D eigenvalue weighted by Crippen LogP contribution is 2.33. The second-order valence-electron chi connectivity index (χ2n) is 8.51. The van der Waals surface area contributed by atoms with E-state index in [1.165, 1.54) is 24.3 Å². The van der Waals surface area contributed by atoms with Gasteiger partial charge in [-0.1, -0.05) is 60.1 Å². The average molecular weight is 515 g/mol. The number of rotatable bonds is 5. The number of anilines is 1. The Bertz CT molecular complexity index is 1620. The van der Waals surface area contributed by atoms with E-state index < -0.39 is 17.8 Å². The first-order chi connectivity index (χ1) is 17.8. The largest absolute Gasteiger partial charge is 0.488 e. The summed E-state index contributed by atoms with van der Waals surface area (Å²) in [6.07, 6.45) is 1.42. The number of hydrogen-bond donors (Lipinski definition) is 1. The molecule has 1 saturated heterocycles. The van der Waals surface area contributed by atoms with Crippen molar-refractivity contribution in [3.63, 3.8) is 0 Å². The average Bonchev–Trinajstić information content (AvgIpc) is 2.87. The summed E-state index contributed by atoms with van der Waals surface area (Å²) < 4.78 is 19.7. The van der Waals surface area contributed by atoms with Gasteiger partial charge in [0.15, 0.2) is 0 Å². The maximum atomic E-state index is 13.6. The van der Waals surface area contributed by atoms with Crippen LogP contribution in [0.25, 0.3) is 16.8 Å². The van der Waals surface area contributed by atoms with Crippen LogP contribution in [0.4, 0.5) is 14.9 Å². The lowest BCUT2D eigenvalue weighted by Gasteiger charge is -2.28. The number of hydrogen-bond acceptors (Lipinski definition) is 4. The van der Waals surface area contributed by atoms with Crippen molar-refractivity contribution < 1.29 is 23.5 Å². The number of urea groups is 1. The molecule has 1 N–H and O–H groups in total. The number of benzene rings is 4. The quantitative estimate of drug-likeness (QED) is 0.255. The first-order valence-corrected chi connectivity index (χ1v) is 11.8. The predicted octanol–water partition coefficient (Wildman–Crippen LogP) is 6.19. The Morgan fingerprint density at radius 3 is 2.59 bits per heavy atom. The summed E-state index contributed by atoms with van der Waals surface area (Å²) in [7, 11) is 0. The van der Waals surface area contributed by atoms with E-state index >= 15 is 0 Å². The molecule has 1 fully saturated rings. The van der Waals surface area contributed by atoms with Gasteiger partial charge in [-0.15, -0.1) is 0 Å². The number of fused-ring (bicyclic) bond motifs is 1. The second kappa shape index (κ2) is 9.87. The molecule has 8 heteroatoms. The van der Waals surface area contributed by atoms with Crippen molar-refractivity contribution in [2.45, 2.75) is 13.5 Å². The van der Waals surface area contributed by atoms with Crippen LogP contribution in [0.15, 0.2) is 84.4 Å². The van der Waals surface area contributed by atoms with Crippen molar-refractivity contribution in [3.8, 4) is 5.75 Å². The van der Waals surface area contributed by atoms with E-state index in [2.05, 4.69) is 5.32 Å². The fourth-order valence-corrected chi connectivity index (χ4v) is 4.35. The van der Waals surface area contributed by atoms with Crippen molar-refractivity contribution in [2.75, 3.05) is 4.90 Å². The van der Waals surface area contributed by atoms with Crippen molar-refractivity contribution in [1.82, 2.24) is 5.32 Å². The van der Waals surface area contributed by atoms with Gasteiger partial charge in [-0.05, 0) is 65.2 Å². The fraction of sp³-hybridized carbons (Fsp3) is 0.0690. The van der Waals surface area contributed by atoms with E-state index in [0.717, 1.165) is 15.7 Å². The summed E-state index contributed by atoms with van der Waals surface area (Å²) in [6.45, 7) is 1.80. The Morgan fingerprint density at radius 1 is 0.973 bits per heavy atom. The van der Waals surface area contributed by atoms with E-state index in [-0.39, 0.29) is 23.7 Å². The Balaban J connectivity index is 1.60. The first-order valence-electron chi connectivity index (χ1n) is 11.4. The smallest absolute Gasteiger partial charge is 0.335 e. The molecule has 37 heavy (non-hydrogen) atoms.